The second-order valence-electron chi connectivity index (χ2n) is 6.44. The lowest BCUT2D eigenvalue weighted by molar-refractivity contribution is -0.237. The van der Waals surface area contributed by atoms with Gasteiger partial charge < -0.3 is 19.1 Å². The van der Waals surface area contributed by atoms with E-state index in [-0.39, 0.29) is 31.6 Å². The van der Waals surface area contributed by atoms with Gasteiger partial charge in [0.1, 0.15) is 0 Å². The maximum absolute atomic E-state index is 12.0. The molecule has 1 atom stereocenters. The Kier molecular flexibility index (Phi) is 7.91. The van der Waals surface area contributed by atoms with Gasteiger partial charge in [-0.1, -0.05) is 6.07 Å². The summed E-state index contributed by atoms with van der Waals surface area (Å²) < 4.78 is 15.1. The van der Waals surface area contributed by atoms with Crippen molar-refractivity contribution in [1.82, 2.24) is 4.90 Å². The quantitative estimate of drug-likeness (QED) is 0.287. The first-order chi connectivity index (χ1) is 13.4. The first-order valence-corrected chi connectivity index (χ1v) is 9.00. The molecule has 0 saturated heterocycles. The van der Waals surface area contributed by atoms with Gasteiger partial charge in [-0.15, -0.1) is 0 Å². The molecule has 0 aliphatic carbocycles. The summed E-state index contributed by atoms with van der Waals surface area (Å²) in [6.45, 7) is 2.05. The largest absolute Gasteiger partial charge is 0.469 e. The monoisotopic (exact) mass is 395 g/mol. The van der Waals surface area contributed by atoms with E-state index in [1.165, 1.54) is 12.0 Å². The van der Waals surface area contributed by atoms with Crippen molar-refractivity contribution in [2.75, 3.05) is 21.0 Å². The summed E-state index contributed by atoms with van der Waals surface area (Å²) in [5, 5.41) is 0. The molecular formula is C19H25NO8. The topological polar surface area (TPSA) is 101 Å². The van der Waals surface area contributed by atoms with Crippen LogP contribution in [0.5, 0.6) is 11.5 Å². The zero-order valence-electron chi connectivity index (χ0n) is 16.3. The number of fused-ring (bicyclic) bond motifs is 1. The molecule has 0 saturated carbocycles. The Balaban J connectivity index is 1.69. The number of carbonyl (C=O) groups excluding carboxylic acids is 3. The average molecular weight is 395 g/mol. The van der Waals surface area contributed by atoms with Gasteiger partial charge in [-0.25, -0.2) is 19.4 Å². The highest BCUT2D eigenvalue weighted by atomic mass is 17.2. The second-order valence-corrected chi connectivity index (χ2v) is 6.44. The maximum Gasteiger partial charge on any atom is 0.453 e. The van der Waals surface area contributed by atoms with Crippen molar-refractivity contribution < 1.29 is 38.4 Å². The predicted octanol–water partition coefficient (Wildman–Crippen LogP) is 2.61. The van der Waals surface area contributed by atoms with Crippen molar-refractivity contribution >= 4 is 18.0 Å². The van der Waals surface area contributed by atoms with E-state index in [0.717, 1.165) is 5.56 Å². The van der Waals surface area contributed by atoms with Gasteiger partial charge in [0.15, 0.2) is 11.5 Å². The highest BCUT2D eigenvalue weighted by Gasteiger charge is 2.21. The van der Waals surface area contributed by atoms with Crippen molar-refractivity contribution in [3.63, 3.8) is 0 Å². The number of esters is 1. The van der Waals surface area contributed by atoms with Gasteiger partial charge in [0.05, 0.1) is 13.5 Å². The number of amides is 1. The molecule has 1 amide bonds. The van der Waals surface area contributed by atoms with Crippen LogP contribution in [0.15, 0.2) is 18.2 Å². The molecule has 154 valence electrons. The minimum atomic E-state index is -0.767. The summed E-state index contributed by atoms with van der Waals surface area (Å²) in [7, 11) is 2.87. The van der Waals surface area contributed by atoms with Crippen LogP contribution >= 0.6 is 0 Å². The molecule has 2 rings (SSSR count). The number of benzene rings is 1. The Morgan fingerprint density at radius 1 is 1.07 bits per heavy atom. The number of carbonyl (C=O) groups is 3. The molecule has 0 aromatic heterocycles. The van der Waals surface area contributed by atoms with Crippen molar-refractivity contribution in [1.29, 1.82) is 0 Å². The molecule has 1 aliphatic rings. The Morgan fingerprint density at radius 2 is 1.75 bits per heavy atom. The van der Waals surface area contributed by atoms with E-state index in [4.69, 9.17) is 9.47 Å². The number of hydrogen-bond acceptors (Lipinski definition) is 8. The molecular weight excluding hydrogens is 370 g/mol. The predicted molar refractivity (Wildman–Crippen MR) is 96.6 cm³/mol. The first kappa shape index (κ1) is 21.3. The third-order valence-corrected chi connectivity index (χ3v) is 4.36. The van der Waals surface area contributed by atoms with Gasteiger partial charge in [0.25, 0.3) is 0 Å². The fourth-order valence-electron chi connectivity index (χ4n) is 2.55. The van der Waals surface area contributed by atoms with Crippen LogP contribution in [0.4, 0.5) is 4.79 Å². The van der Waals surface area contributed by atoms with Crippen molar-refractivity contribution in [2.45, 2.75) is 45.1 Å². The molecule has 1 aromatic rings. The van der Waals surface area contributed by atoms with Crippen LogP contribution in [0.25, 0.3) is 0 Å². The van der Waals surface area contributed by atoms with Crippen LogP contribution in [0.2, 0.25) is 0 Å². The summed E-state index contributed by atoms with van der Waals surface area (Å²) in [5.74, 6) is 0.367. The van der Waals surface area contributed by atoms with Crippen LogP contribution in [0.3, 0.4) is 0 Å². The molecule has 0 N–H and O–H groups in total. The Bertz CT molecular complexity index is 705. The van der Waals surface area contributed by atoms with Gasteiger partial charge in [0.2, 0.25) is 6.79 Å². The minimum Gasteiger partial charge on any atom is -0.469 e. The number of methoxy groups -OCH3 is 1. The molecule has 28 heavy (non-hydrogen) atoms. The average Bonchev–Trinajstić information content (AvgIpc) is 3.16. The summed E-state index contributed by atoms with van der Waals surface area (Å²) in [5.41, 5.74) is 0.971. The van der Waals surface area contributed by atoms with E-state index < -0.39 is 12.1 Å². The first-order valence-electron chi connectivity index (χ1n) is 9.00. The van der Waals surface area contributed by atoms with Crippen LogP contribution in [0.1, 0.15) is 38.2 Å². The van der Waals surface area contributed by atoms with E-state index in [1.54, 1.807) is 7.05 Å². The molecule has 1 heterocycles. The van der Waals surface area contributed by atoms with Crippen LogP contribution in [-0.2, 0) is 30.5 Å². The highest BCUT2D eigenvalue weighted by molar-refractivity contribution is 5.72. The summed E-state index contributed by atoms with van der Waals surface area (Å²) in [6, 6.07) is 5.39. The van der Waals surface area contributed by atoms with E-state index >= 15 is 0 Å². The molecule has 0 fully saturated rings. The summed E-state index contributed by atoms with van der Waals surface area (Å²) >= 11 is 0. The Labute approximate surface area is 163 Å². The third-order valence-electron chi connectivity index (χ3n) is 4.36. The fourth-order valence-corrected chi connectivity index (χ4v) is 2.55. The van der Waals surface area contributed by atoms with Gasteiger partial charge in [-0.05, 0) is 43.9 Å². The zero-order valence-corrected chi connectivity index (χ0v) is 16.3. The molecule has 9 nitrogen and oxygen atoms in total. The van der Waals surface area contributed by atoms with Crippen LogP contribution < -0.4 is 9.47 Å². The molecule has 0 bridgehead atoms. The number of rotatable bonds is 8. The molecule has 1 aromatic carbocycles. The molecule has 1 aliphatic heterocycles. The lowest BCUT2D eigenvalue weighted by atomic mass is 10.1. The normalized spacial score (nSPS) is 12.8. The Morgan fingerprint density at radius 3 is 2.46 bits per heavy atom. The van der Waals surface area contributed by atoms with E-state index in [0.29, 0.717) is 30.8 Å². The van der Waals surface area contributed by atoms with Crippen molar-refractivity contribution in [3.8, 4) is 11.5 Å². The van der Waals surface area contributed by atoms with Gasteiger partial charge in [-0.3, -0.25) is 4.79 Å². The van der Waals surface area contributed by atoms with Crippen LogP contribution in [0, 0.1) is 0 Å². The van der Waals surface area contributed by atoms with Gasteiger partial charge >= 0.3 is 18.0 Å². The summed E-state index contributed by atoms with van der Waals surface area (Å²) in [6.07, 6.45) is 0.981. The lowest BCUT2D eigenvalue weighted by Crippen LogP contribution is -2.37. The maximum atomic E-state index is 12.0. The standard InChI is InChI=1S/C19H25NO8/c1-13(10-14-8-9-15-16(11-14)26-12-25-15)20(2)19(23)28-27-18(22)7-5-4-6-17(21)24-3/h8-9,11,13H,4-7,10,12H2,1-3H3. The van der Waals surface area contributed by atoms with E-state index in [1.807, 2.05) is 25.1 Å². The highest BCUT2D eigenvalue weighted by Crippen LogP contribution is 2.32. The van der Waals surface area contributed by atoms with E-state index in [9.17, 15) is 14.4 Å². The SMILES string of the molecule is COC(=O)CCCCC(=O)OOC(=O)N(C)C(C)Cc1ccc2c(c1)OCO2. The molecule has 1 unspecified atom stereocenters. The minimum absolute atomic E-state index is 0.0424. The number of likely N-dealkylation sites (N-methyl/N-ethyl adjacent to an activating group) is 1. The number of hydrogen-bond donors (Lipinski definition) is 0. The molecule has 9 heteroatoms. The summed E-state index contributed by atoms with van der Waals surface area (Å²) in [4.78, 5) is 45.1. The van der Waals surface area contributed by atoms with Gasteiger partial charge in [0, 0.05) is 19.5 Å². The zero-order chi connectivity index (χ0) is 20.5. The molecule has 0 spiro atoms. The van der Waals surface area contributed by atoms with Crippen molar-refractivity contribution in [2.24, 2.45) is 0 Å². The molecule has 0 radical (unpaired) electrons. The lowest BCUT2D eigenvalue weighted by Gasteiger charge is -2.23. The van der Waals surface area contributed by atoms with Crippen molar-refractivity contribution in [3.05, 3.63) is 23.8 Å². The number of unbranched alkanes of at least 4 members (excludes halogenated alkanes) is 1. The fraction of sp³-hybridized carbons (Fsp3) is 0.526. The number of ether oxygens (including phenoxy) is 3. The smallest absolute Gasteiger partial charge is 0.453 e. The van der Waals surface area contributed by atoms with Crippen LogP contribution in [-0.4, -0.2) is 49.9 Å². The second kappa shape index (κ2) is 10.4. The number of nitrogens with zero attached hydrogens (tertiary/aromatic N) is 1. The third kappa shape index (κ3) is 6.33. The van der Waals surface area contributed by atoms with Gasteiger partial charge in [-0.2, -0.15) is 0 Å². The Hall–Kier alpha value is -2.97. The van der Waals surface area contributed by atoms with E-state index in [2.05, 4.69) is 14.5 Å².